The van der Waals surface area contributed by atoms with Gasteiger partial charge in [-0.05, 0) is 18.2 Å². The first-order valence-electron chi connectivity index (χ1n) is 3.37. The van der Waals surface area contributed by atoms with Crippen LogP contribution in [0.5, 0.6) is 5.75 Å². The molecule has 1 aromatic rings. The lowest BCUT2D eigenvalue weighted by Gasteiger charge is -1.96. The molecule has 0 amide bonds. The van der Waals surface area contributed by atoms with Gasteiger partial charge in [-0.3, -0.25) is 4.79 Å². The van der Waals surface area contributed by atoms with Crippen molar-refractivity contribution >= 4 is 11.5 Å². The maximum absolute atomic E-state index is 11.0. The number of ketones is 1. The smallest absolute Gasteiger partial charge is 0.184 e. The van der Waals surface area contributed by atoms with E-state index in [1.165, 1.54) is 6.07 Å². The molecule has 1 heterocycles. The zero-order valence-corrected chi connectivity index (χ0v) is 5.79. The number of Topliss-reactive ketones (excluding diaryl/α,β-unsaturated/α-hetero) is 1. The van der Waals surface area contributed by atoms with Crippen LogP contribution in [0.2, 0.25) is 0 Å². The molecule has 11 heavy (non-hydrogen) atoms. The highest BCUT2D eigenvalue weighted by atomic mass is 16.3. The summed E-state index contributed by atoms with van der Waals surface area (Å²) in [7, 11) is 0. The van der Waals surface area contributed by atoms with Gasteiger partial charge < -0.3 is 10.4 Å². The third-order valence-electron chi connectivity index (χ3n) is 1.74. The molecule has 0 spiro atoms. The van der Waals surface area contributed by atoms with E-state index in [2.05, 4.69) is 5.32 Å². The van der Waals surface area contributed by atoms with E-state index in [0.717, 1.165) is 5.69 Å². The second-order valence-corrected chi connectivity index (χ2v) is 2.51. The molecule has 1 aromatic carbocycles. The topological polar surface area (TPSA) is 49.3 Å². The summed E-state index contributed by atoms with van der Waals surface area (Å²) in [6, 6.07) is 4.75. The fourth-order valence-electron chi connectivity index (χ4n) is 1.19. The number of nitrogens with one attached hydrogen (secondary N) is 1. The Morgan fingerprint density at radius 1 is 1.45 bits per heavy atom. The van der Waals surface area contributed by atoms with Gasteiger partial charge in [0, 0.05) is 11.3 Å². The van der Waals surface area contributed by atoms with Gasteiger partial charge in [-0.2, -0.15) is 0 Å². The molecule has 0 aliphatic carbocycles. The van der Waals surface area contributed by atoms with E-state index in [4.69, 9.17) is 5.11 Å². The number of benzene rings is 1. The number of carbonyl (C=O) groups excluding carboxylic acids is 1. The van der Waals surface area contributed by atoms with Gasteiger partial charge in [-0.15, -0.1) is 0 Å². The van der Waals surface area contributed by atoms with Crippen LogP contribution in [-0.2, 0) is 0 Å². The summed E-state index contributed by atoms with van der Waals surface area (Å²) in [5.74, 6) is 0.178. The molecular formula is C8H7NO2. The summed E-state index contributed by atoms with van der Waals surface area (Å²) in [4.78, 5) is 11.0. The fraction of sp³-hybridized carbons (Fsp3) is 0.125. The first-order valence-corrected chi connectivity index (χ1v) is 3.37. The second kappa shape index (κ2) is 1.99. The van der Waals surface area contributed by atoms with Gasteiger partial charge in [0.25, 0.3) is 0 Å². The average Bonchev–Trinajstić information content (AvgIpc) is 2.33. The third kappa shape index (κ3) is 0.852. The Morgan fingerprint density at radius 3 is 3.09 bits per heavy atom. The summed E-state index contributed by atoms with van der Waals surface area (Å²) in [6.45, 7) is 0.346. The van der Waals surface area contributed by atoms with Crippen molar-refractivity contribution in [2.24, 2.45) is 0 Å². The molecule has 0 saturated carbocycles. The molecule has 0 atom stereocenters. The number of anilines is 1. The van der Waals surface area contributed by atoms with Crippen molar-refractivity contribution in [1.82, 2.24) is 0 Å². The number of phenolic OH excluding ortho intramolecular Hbond substituents is 1. The molecule has 3 heteroatoms. The number of carbonyl (C=O) groups is 1. The standard InChI is InChI=1S/C8H7NO2/c10-5-1-2-7-6(3-5)8(11)4-9-7/h1-3,9-10H,4H2. The number of aromatic hydroxyl groups is 1. The Hall–Kier alpha value is -1.51. The molecule has 2 N–H and O–H groups in total. The van der Waals surface area contributed by atoms with Crippen LogP contribution in [0.15, 0.2) is 18.2 Å². The highest BCUT2D eigenvalue weighted by molar-refractivity contribution is 6.08. The van der Waals surface area contributed by atoms with Crippen molar-refractivity contribution in [3.05, 3.63) is 23.8 Å². The number of hydrogen-bond donors (Lipinski definition) is 2. The molecule has 1 aliphatic rings. The molecule has 0 fully saturated rings. The third-order valence-corrected chi connectivity index (χ3v) is 1.74. The molecule has 0 aromatic heterocycles. The summed E-state index contributed by atoms with van der Waals surface area (Å²) in [5, 5.41) is 12.0. The molecule has 0 radical (unpaired) electrons. The summed E-state index contributed by atoms with van der Waals surface area (Å²) < 4.78 is 0. The predicted octanol–water partition coefficient (Wildman–Crippen LogP) is 1.00. The SMILES string of the molecule is O=C1CNc2ccc(O)cc21. The maximum Gasteiger partial charge on any atom is 0.184 e. The lowest BCUT2D eigenvalue weighted by Crippen LogP contribution is -2.00. The van der Waals surface area contributed by atoms with Crippen LogP contribution in [-0.4, -0.2) is 17.4 Å². The van der Waals surface area contributed by atoms with E-state index in [1.54, 1.807) is 12.1 Å². The van der Waals surface area contributed by atoms with Gasteiger partial charge in [-0.1, -0.05) is 0 Å². The lowest BCUT2D eigenvalue weighted by atomic mass is 10.1. The quantitative estimate of drug-likeness (QED) is 0.541. The second-order valence-electron chi connectivity index (χ2n) is 2.51. The van der Waals surface area contributed by atoms with E-state index >= 15 is 0 Å². The van der Waals surface area contributed by atoms with Crippen molar-refractivity contribution < 1.29 is 9.90 Å². The number of hydrogen-bond acceptors (Lipinski definition) is 3. The predicted molar refractivity (Wildman–Crippen MR) is 40.9 cm³/mol. The van der Waals surface area contributed by atoms with Gasteiger partial charge in [0.05, 0.1) is 6.54 Å². The van der Waals surface area contributed by atoms with Crippen molar-refractivity contribution in [1.29, 1.82) is 0 Å². The van der Waals surface area contributed by atoms with Gasteiger partial charge in [0.2, 0.25) is 0 Å². The Balaban J connectivity index is 2.60. The van der Waals surface area contributed by atoms with E-state index in [0.29, 0.717) is 12.1 Å². The lowest BCUT2D eigenvalue weighted by molar-refractivity contribution is 0.101. The van der Waals surface area contributed by atoms with E-state index < -0.39 is 0 Å². The van der Waals surface area contributed by atoms with E-state index in [-0.39, 0.29) is 11.5 Å². The molecule has 0 saturated heterocycles. The molecule has 1 aliphatic heterocycles. The normalized spacial score (nSPS) is 14.4. The van der Waals surface area contributed by atoms with Crippen LogP contribution < -0.4 is 5.32 Å². The molecule has 0 bridgehead atoms. The molecule has 3 nitrogen and oxygen atoms in total. The van der Waals surface area contributed by atoms with Crippen molar-refractivity contribution in [2.45, 2.75) is 0 Å². The van der Waals surface area contributed by atoms with Gasteiger partial charge in [0.15, 0.2) is 5.78 Å². The summed E-state index contributed by atoms with van der Waals surface area (Å²) in [5.41, 5.74) is 1.40. The summed E-state index contributed by atoms with van der Waals surface area (Å²) in [6.07, 6.45) is 0. The highest BCUT2D eigenvalue weighted by Crippen LogP contribution is 2.25. The first-order chi connectivity index (χ1) is 5.27. The van der Waals surface area contributed by atoms with Gasteiger partial charge >= 0.3 is 0 Å². The first kappa shape index (κ1) is 6.22. The van der Waals surface area contributed by atoms with Gasteiger partial charge in [-0.25, -0.2) is 0 Å². The maximum atomic E-state index is 11.0. The van der Waals surface area contributed by atoms with Crippen LogP contribution in [0, 0.1) is 0 Å². The zero-order valence-electron chi connectivity index (χ0n) is 5.79. The zero-order chi connectivity index (χ0) is 7.84. The largest absolute Gasteiger partial charge is 0.508 e. The van der Waals surface area contributed by atoms with E-state index in [9.17, 15) is 4.79 Å². The minimum absolute atomic E-state index is 0.0379. The minimum Gasteiger partial charge on any atom is -0.508 e. The Labute approximate surface area is 63.7 Å². The number of rotatable bonds is 0. The highest BCUT2D eigenvalue weighted by Gasteiger charge is 2.18. The van der Waals surface area contributed by atoms with Crippen molar-refractivity contribution in [3.63, 3.8) is 0 Å². The van der Waals surface area contributed by atoms with Crippen LogP contribution in [0.4, 0.5) is 5.69 Å². The van der Waals surface area contributed by atoms with Crippen LogP contribution in [0.25, 0.3) is 0 Å². The van der Waals surface area contributed by atoms with Crippen molar-refractivity contribution in [2.75, 3.05) is 11.9 Å². The van der Waals surface area contributed by atoms with Crippen LogP contribution in [0.1, 0.15) is 10.4 Å². The van der Waals surface area contributed by atoms with Crippen molar-refractivity contribution in [3.8, 4) is 5.75 Å². The van der Waals surface area contributed by atoms with Crippen LogP contribution >= 0.6 is 0 Å². The summed E-state index contributed by atoms with van der Waals surface area (Å²) >= 11 is 0. The Morgan fingerprint density at radius 2 is 2.27 bits per heavy atom. The Kier molecular flexibility index (Phi) is 1.12. The molecule has 56 valence electrons. The molecule has 2 rings (SSSR count). The Bertz CT molecular complexity index is 320. The van der Waals surface area contributed by atoms with Crippen LogP contribution in [0.3, 0.4) is 0 Å². The number of fused-ring (bicyclic) bond motifs is 1. The van der Waals surface area contributed by atoms with Gasteiger partial charge in [0.1, 0.15) is 5.75 Å². The monoisotopic (exact) mass is 149 g/mol. The number of phenols is 1. The fourth-order valence-corrected chi connectivity index (χ4v) is 1.19. The van der Waals surface area contributed by atoms with E-state index in [1.807, 2.05) is 0 Å². The minimum atomic E-state index is 0.0379. The molecular weight excluding hydrogens is 142 g/mol. The average molecular weight is 149 g/mol. The molecule has 0 unspecified atom stereocenters.